The number of rotatable bonds is 23. The molecule has 0 spiro atoms. The van der Waals surface area contributed by atoms with Crippen LogP contribution in [0.15, 0.2) is 0 Å². The Kier molecular flexibility index (Phi) is 23.3. The van der Waals surface area contributed by atoms with E-state index in [0.717, 1.165) is 12.5 Å². The Morgan fingerprint density at radius 3 is 1.42 bits per heavy atom. The third kappa shape index (κ3) is 17.4. The van der Waals surface area contributed by atoms with Crippen LogP contribution in [0, 0.1) is 11.8 Å². The van der Waals surface area contributed by atoms with Gasteiger partial charge in [-0.05, 0) is 31.6 Å². The molecule has 6 heteroatoms. The minimum Gasteiger partial charge on any atom is -0.377 e. The second kappa shape index (κ2) is 21.6. The quantitative estimate of drug-likeness (QED) is 0.0845. The lowest BCUT2D eigenvalue weighted by atomic mass is 9.84. The van der Waals surface area contributed by atoms with Gasteiger partial charge in [-0.3, -0.25) is 0 Å². The molecule has 0 aromatic rings. The summed E-state index contributed by atoms with van der Waals surface area (Å²) in [4.78, 5) is -0.189. The van der Waals surface area contributed by atoms with Crippen molar-refractivity contribution in [2.75, 3.05) is 21.3 Å². The summed E-state index contributed by atoms with van der Waals surface area (Å²) in [6.45, 7) is 9.04. The van der Waals surface area contributed by atoms with Crippen LogP contribution >= 0.6 is 11.6 Å². The topological polar surface area (TPSA) is 62.7 Å². The Bertz CT molecular complexity index is 414. The molecule has 0 radical (unpaired) electrons. The molecule has 0 aliphatic heterocycles. The van der Waals surface area contributed by atoms with Crippen molar-refractivity contribution >= 4 is 20.4 Å². The lowest BCUT2D eigenvalue weighted by molar-refractivity contribution is 0.117. The van der Waals surface area contributed by atoms with Crippen LogP contribution < -0.4 is 6.15 Å². The highest BCUT2D eigenvalue weighted by atomic mass is 35.5. The van der Waals surface area contributed by atoms with E-state index >= 15 is 0 Å². The first kappa shape index (κ1) is 35.5. The van der Waals surface area contributed by atoms with Crippen LogP contribution in [0.3, 0.4) is 0 Å². The SMILES string of the molecule is CCCCCCCCCCCCCCCCC(C)C(C)(Cl)CC(C)C[Si](OC)(OC)OC.N. The molecule has 0 aliphatic carbocycles. The van der Waals surface area contributed by atoms with Crippen molar-refractivity contribution in [2.45, 2.75) is 141 Å². The van der Waals surface area contributed by atoms with Gasteiger partial charge in [-0.15, -0.1) is 11.6 Å². The fraction of sp³-hybridized carbons (Fsp3) is 1.00. The van der Waals surface area contributed by atoms with Gasteiger partial charge in [0.15, 0.2) is 0 Å². The molecule has 0 saturated heterocycles. The number of unbranched alkanes of at least 4 members (excludes halogenated alkanes) is 13. The third-order valence-electron chi connectivity index (χ3n) is 7.30. The first-order chi connectivity index (χ1) is 15.3. The van der Waals surface area contributed by atoms with Gasteiger partial charge < -0.3 is 19.4 Å². The van der Waals surface area contributed by atoms with E-state index in [1.807, 2.05) is 0 Å². The predicted molar refractivity (Wildman–Crippen MR) is 149 cm³/mol. The third-order valence-corrected chi connectivity index (χ3v) is 10.9. The minimum atomic E-state index is -2.54. The summed E-state index contributed by atoms with van der Waals surface area (Å²) in [6, 6.07) is 0.810. The highest BCUT2D eigenvalue weighted by molar-refractivity contribution is 6.60. The fourth-order valence-electron chi connectivity index (χ4n) is 4.83. The molecule has 0 amide bonds. The van der Waals surface area contributed by atoms with Crippen molar-refractivity contribution in [3.63, 3.8) is 0 Å². The molecule has 0 rings (SSSR count). The van der Waals surface area contributed by atoms with Gasteiger partial charge in [-0.25, -0.2) is 0 Å². The highest BCUT2D eigenvalue weighted by Crippen LogP contribution is 2.37. The molecule has 0 bridgehead atoms. The molecule has 0 heterocycles. The van der Waals surface area contributed by atoms with E-state index in [4.69, 9.17) is 24.9 Å². The van der Waals surface area contributed by atoms with Crippen LogP contribution in [0.4, 0.5) is 0 Å². The average Bonchev–Trinajstić information content (AvgIpc) is 2.77. The largest absolute Gasteiger partial charge is 0.500 e. The second-order valence-corrected chi connectivity index (χ2v) is 14.2. The molecule has 3 N–H and O–H groups in total. The molecule has 202 valence electrons. The lowest BCUT2D eigenvalue weighted by Gasteiger charge is -2.34. The van der Waals surface area contributed by atoms with Gasteiger partial charge in [0.2, 0.25) is 0 Å². The van der Waals surface area contributed by atoms with E-state index in [9.17, 15) is 0 Å². The predicted octanol–water partition coefficient (Wildman–Crippen LogP) is 9.56. The van der Waals surface area contributed by atoms with E-state index < -0.39 is 8.80 Å². The van der Waals surface area contributed by atoms with Crippen LogP contribution in [-0.4, -0.2) is 35.0 Å². The van der Waals surface area contributed by atoms with Gasteiger partial charge in [0, 0.05) is 32.2 Å². The minimum absolute atomic E-state index is 0. The van der Waals surface area contributed by atoms with Crippen LogP contribution in [0.1, 0.15) is 130 Å². The maximum atomic E-state index is 6.99. The molecule has 0 fully saturated rings. The van der Waals surface area contributed by atoms with Gasteiger partial charge in [0.1, 0.15) is 0 Å². The van der Waals surface area contributed by atoms with Gasteiger partial charge in [0.25, 0.3) is 0 Å². The van der Waals surface area contributed by atoms with Crippen LogP contribution in [0.2, 0.25) is 6.04 Å². The summed E-state index contributed by atoms with van der Waals surface area (Å²) in [7, 11) is 2.52. The van der Waals surface area contributed by atoms with E-state index in [2.05, 4.69) is 27.7 Å². The first-order valence-corrected chi connectivity index (χ1v) is 15.9. The zero-order valence-electron chi connectivity index (χ0n) is 23.5. The Balaban J connectivity index is 0. The Labute approximate surface area is 214 Å². The Morgan fingerprint density at radius 1 is 0.697 bits per heavy atom. The van der Waals surface area contributed by atoms with Crippen molar-refractivity contribution in [1.29, 1.82) is 0 Å². The zero-order chi connectivity index (χ0) is 24.3. The average molecular weight is 510 g/mol. The van der Waals surface area contributed by atoms with E-state index in [1.165, 1.54) is 96.3 Å². The normalized spacial score (nSPS) is 15.6. The molecule has 0 aromatic heterocycles. The fourth-order valence-corrected chi connectivity index (χ4v) is 7.20. The smallest absolute Gasteiger partial charge is 0.377 e. The standard InChI is InChI=1S/C27H57ClO3Si.H3N/c1-8-9-10-11-12-13-14-15-16-17-18-19-20-21-22-26(3)27(4,28)23-25(2)24-32(29-5,30-6)31-7;/h25-26H,8-24H2,1-7H3;1H3. The molecule has 33 heavy (non-hydrogen) atoms. The van der Waals surface area contributed by atoms with Crippen LogP contribution in [-0.2, 0) is 13.3 Å². The summed E-state index contributed by atoms with van der Waals surface area (Å²) in [6.07, 6.45) is 21.9. The number of hydrogen-bond acceptors (Lipinski definition) is 4. The van der Waals surface area contributed by atoms with Gasteiger partial charge >= 0.3 is 8.80 Å². The zero-order valence-corrected chi connectivity index (χ0v) is 25.2. The molecule has 3 atom stereocenters. The van der Waals surface area contributed by atoms with E-state index in [1.54, 1.807) is 21.3 Å². The van der Waals surface area contributed by atoms with Gasteiger partial charge in [0.05, 0.1) is 0 Å². The lowest BCUT2D eigenvalue weighted by Crippen LogP contribution is -2.45. The van der Waals surface area contributed by atoms with E-state index in [0.29, 0.717) is 11.8 Å². The van der Waals surface area contributed by atoms with Crippen molar-refractivity contribution < 1.29 is 13.3 Å². The second-order valence-electron chi connectivity index (χ2n) is 10.4. The van der Waals surface area contributed by atoms with Crippen molar-refractivity contribution in [3.8, 4) is 0 Å². The highest BCUT2D eigenvalue weighted by Gasteiger charge is 2.41. The maximum Gasteiger partial charge on any atom is 0.500 e. The summed E-state index contributed by atoms with van der Waals surface area (Å²) in [5.41, 5.74) is 0. The monoisotopic (exact) mass is 509 g/mol. The molecular weight excluding hydrogens is 450 g/mol. The maximum absolute atomic E-state index is 6.99. The Morgan fingerprint density at radius 2 is 1.06 bits per heavy atom. The van der Waals surface area contributed by atoms with Crippen LogP contribution in [0.5, 0.6) is 0 Å². The van der Waals surface area contributed by atoms with Gasteiger partial charge in [-0.2, -0.15) is 0 Å². The van der Waals surface area contributed by atoms with Crippen molar-refractivity contribution in [3.05, 3.63) is 0 Å². The van der Waals surface area contributed by atoms with Crippen molar-refractivity contribution in [2.24, 2.45) is 11.8 Å². The molecule has 3 unspecified atom stereocenters. The molecule has 0 saturated carbocycles. The Hall–Kier alpha value is 0.347. The summed E-state index contributed by atoms with van der Waals surface area (Å²) >= 11 is 6.99. The summed E-state index contributed by atoms with van der Waals surface area (Å²) < 4.78 is 16.8. The number of halogens is 1. The summed E-state index contributed by atoms with van der Waals surface area (Å²) in [5.74, 6) is 0.912. The van der Waals surface area contributed by atoms with Gasteiger partial charge in [-0.1, -0.05) is 111 Å². The first-order valence-electron chi connectivity index (χ1n) is 13.6. The number of hydrogen-bond donors (Lipinski definition) is 1. The molecule has 0 aromatic carbocycles. The molecular formula is C27H60ClNO3Si. The summed E-state index contributed by atoms with van der Waals surface area (Å²) in [5, 5.41) is 0. The van der Waals surface area contributed by atoms with E-state index in [-0.39, 0.29) is 11.0 Å². The molecule has 0 aliphatic rings. The van der Waals surface area contributed by atoms with Crippen LogP contribution in [0.25, 0.3) is 0 Å². The molecule has 4 nitrogen and oxygen atoms in total. The van der Waals surface area contributed by atoms with Crippen molar-refractivity contribution in [1.82, 2.24) is 6.15 Å². The number of alkyl halides is 1.